The van der Waals surface area contributed by atoms with Crippen molar-refractivity contribution >= 4 is 53.4 Å². The Bertz CT molecular complexity index is 549. The molecule has 6 nitrogen and oxygen atoms in total. The molecule has 2 rings (SSSR count). The molecular weight excluding hydrogens is 544 g/mol. The minimum absolute atomic E-state index is 0.417. The van der Waals surface area contributed by atoms with Crippen LogP contribution in [0.3, 0.4) is 0 Å². The Hall–Kier alpha value is -0.0949. The van der Waals surface area contributed by atoms with Crippen LogP contribution in [0.25, 0.3) is 11.2 Å². The summed E-state index contributed by atoms with van der Waals surface area (Å²) in [6.07, 6.45) is 2.98. The van der Waals surface area contributed by atoms with Gasteiger partial charge < -0.3 is 0 Å². The van der Waals surface area contributed by atoms with Crippen molar-refractivity contribution in [1.82, 2.24) is 13.9 Å². The zero-order chi connectivity index (χ0) is 12.3. The molecule has 1 N–H and O–H groups in total. The summed E-state index contributed by atoms with van der Waals surface area (Å²) < 4.78 is 8.84. The molecule has 2 heterocycles. The topological polar surface area (TPSA) is 69.0 Å². The molecule has 0 saturated heterocycles. The monoisotopic (exact) mass is 552 g/mol. The third-order valence-electron chi connectivity index (χ3n) is 1.94. The van der Waals surface area contributed by atoms with Gasteiger partial charge in [0.2, 0.25) is 0 Å². The van der Waals surface area contributed by atoms with E-state index in [1.807, 2.05) is 20.7 Å². The average molecular weight is 551 g/mol. The van der Waals surface area contributed by atoms with Crippen molar-refractivity contribution in [3.8, 4) is 0 Å². The first-order valence-electron chi connectivity index (χ1n) is 4.81. The third kappa shape index (κ3) is 3.22. The van der Waals surface area contributed by atoms with Crippen molar-refractivity contribution in [3.63, 3.8) is 0 Å². The molecule has 86 valence electrons. The van der Waals surface area contributed by atoms with E-state index in [9.17, 15) is 4.79 Å². The fraction of sp³-hybridized carbons (Fsp3) is 0.125. The number of hydrogen-bond acceptors (Lipinski definition) is 5. The van der Waals surface area contributed by atoms with Gasteiger partial charge in [0.15, 0.2) is 0 Å². The van der Waals surface area contributed by atoms with Gasteiger partial charge in [-0.2, -0.15) is 0 Å². The standard InChI is InChI=1S/C7H5IN4O2S.CH3.Hg/c8-15-12-2-1-4-6(12)9-3-5(10-4)11-7(13)14;;/h1-3H,(H,10,11)(H,13,14);1H3;/q;;+1/p-1. The number of carbonyl (C=O) groups is 1. The van der Waals surface area contributed by atoms with Crippen LogP contribution >= 0.6 is 30.3 Å². The van der Waals surface area contributed by atoms with Crippen LogP contribution in [0.15, 0.2) is 18.5 Å². The SMILES string of the molecule is [CH3][Hg][O]C(=O)Nc1cnc2c(ccn2SI)n1. The van der Waals surface area contributed by atoms with E-state index in [0.717, 1.165) is 11.2 Å². The van der Waals surface area contributed by atoms with Gasteiger partial charge in [-0.15, -0.1) is 0 Å². The van der Waals surface area contributed by atoms with Crippen LogP contribution in [0.5, 0.6) is 0 Å². The zero-order valence-electron chi connectivity index (χ0n) is 8.88. The zero-order valence-corrected chi connectivity index (χ0v) is 17.4. The van der Waals surface area contributed by atoms with Crippen molar-refractivity contribution < 1.29 is 32.5 Å². The minimum atomic E-state index is -1.41. The molecule has 0 spiro atoms. The maximum absolute atomic E-state index is 11.3. The van der Waals surface area contributed by atoms with Gasteiger partial charge >= 0.3 is 128 Å². The number of carbonyl (C=O) groups excluding carboxylic acids is 1. The predicted octanol–water partition coefficient (Wildman–Crippen LogP) is 2.87. The number of fused-ring (bicyclic) bond motifs is 1. The molecule has 17 heavy (non-hydrogen) atoms. The van der Waals surface area contributed by atoms with Crippen LogP contribution in [0.1, 0.15) is 0 Å². The first kappa shape index (κ1) is 13.3. The molecule has 0 radical (unpaired) electrons. The van der Waals surface area contributed by atoms with Crippen LogP contribution in [-0.2, 0) is 27.7 Å². The molecule has 9 heteroatoms. The normalized spacial score (nSPS) is 10.0. The number of nitrogens with zero attached hydrogens (tertiary/aromatic N) is 3. The quantitative estimate of drug-likeness (QED) is 0.470. The second-order valence-corrected chi connectivity index (χ2v) is 8.10. The summed E-state index contributed by atoms with van der Waals surface area (Å²) in [6.45, 7) is 0. The van der Waals surface area contributed by atoms with Gasteiger partial charge in [-0.3, -0.25) is 0 Å². The predicted molar refractivity (Wildman–Crippen MR) is 70.5 cm³/mol. The van der Waals surface area contributed by atoms with Crippen molar-refractivity contribution in [2.45, 2.75) is 4.43 Å². The molecule has 0 atom stereocenters. The van der Waals surface area contributed by atoms with E-state index in [0.29, 0.717) is 5.82 Å². The third-order valence-corrected chi connectivity index (χ3v) is 5.79. The van der Waals surface area contributed by atoms with E-state index in [2.05, 4.69) is 36.5 Å². The van der Waals surface area contributed by atoms with Gasteiger partial charge in [-0.25, -0.2) is 0 Å². The first-order valence-corrected chi connectivity index (χ1v) is 15.9. The summed E-state index contributed by atoms with van der Waals surface area (Å²) >= 11 is 0.759. The van der Waals surface area contributed by atoms with Crippen molar-refractivity contribution in [1.29, 1.82) is 0 Å². The Morgan fingerprint density at radius 1 is 1.71 bits per heavy atom. The van der Waals surface area contributed by atoms with Gasteiger partial charge in [0.1, 0.15) is 0 Å². The van der Waals surface area contributed by atoms with Crippen molar-refractivity contribution in [2.24, 2.45) is 0 Å². The van der Waals surface area contributed by atoms with Gasteiger partial charge in [0.25, 0.3) is 0 Å². The summed E-state index contributed by atoms with van der Waals surface area (Å²) in [5.41, 5.74) is 1.52. The first-order chi connectivity index (χ1) is 8.24. The molecular formula is C8H7HgIN4O2S. The van der Waals surface area contributed by atoms with Gasteiger partial charge in [-0.1, -0.05) is 0 Å². The van der Waals surface area contributed by atoms with Gasteiger partial charge in [0.05, 0.1) is 0 Å². The fourth-order valence-electron chi connectivity index (χ4n) is 1.28. The summed E-state index contributed by atoms with van der Waals surface area (Å²) in [6, 6.07) is 1.85. The Labute approximate surface area is 127 Å². The van der Waals surface area contributed by atoms with Crippen molar-refractivity contribution in [2.75, 3.05) is 5.32 Å². The van der Waals surface area contributed by atoms with E-state index >= 15 is 0 Å². The molecule has 0 aliphatic heterocycles. The van der Waals surface area contributed by atoms with Gasteiger partial charge in [-0.05, 0) is 0 Å². The summed E-state index contributed by atoms with van der Waals surface area (Å²) in [5, 5.41) is 2.57. The second-order valence-electron chi connectivity index (χ2n) is 3.02. The Kier molecular flexibility index (Phi) is 4.85. The Morgan fingerprint density at radius 2 is 2.53 bits per heavy atom. The Balaban J connectivity index is 2.23. The van der Waals surface area contributed by atoms with E-state index in [1.165, 1.54) is 15.3 Å². The number of anilines is 1. The molecule has 0 aliphatic carbocycles. The fourth-order valence-corrected chi connectivity index (χ4v) is 3.84. The molecule has 0 aromatic carbocycles. The van der Waals surface area contributed by atoms with Crippen LogP contribution in [-0.4, -0.2) is 20.0 Å². The molecule has 2 aromatic rings. The number of aromatic nitrogens is 3. The number of halogens is 1. The number of amides is 1. The number of rotatable bonds is 3. The molecule has 0 bridgehead atoms. The van der Waals surface area contributed by atoms with Crippen LogP contribution in [0, 0.1) is 0 Å². The maximum atomic E-state index is 11.3. The van der Waals surface area contributed by atoms with Crippen LogP contribution < -0.4 is 5.32 Å². The molecule has 0 saturated carbocycles. The molecule has 2 aromatic heterocycles. The van der Waals surface area contributed by atoms with Crippen LogP contribution in [0.4, 0.5) is 10.6 Å². The molecule has 1 amide bonds. The van der Waals surface area contributed by atoms with Gasteiger partial charge in [0, 0.05) is 0 Å². The summed E-state index contributed by atoms with van der Waals surface area (Å²) in [7, 11) is 1.51. The van der Waals surface area contributed by atoms with Crippen molar-refractivity contribution in [3.05, 3.63) is 18.5 Å². The number of hydrogen-bond donors (Lipinski definition) is 1. The average Bonchev–Trinajstić information content (AvgIpc) is 2.71. The second kappa shape index (κ2) is 6.18. The number of nitrogens with one attached hydrogen (secondary N) is 1. The molecule has 0 aliphatic rings. The van der Waals surface area contributed by atoms with E-state index in [4.69, 9.17) is 2.64 Å². The summed E-state index contributed by atoms with van der Waals surface area (Å²) in [4.78, 5) is 19.8. The van der Waals surface area contributed by atoms with E-state index in [-0.39, 0.29) is 0 Å². The van der Waals surface area contributed by atoms with E-state index in [1.54, 1.807) is 0 Å². The summed E-state index contributed by atoms with van der Waals surface area (Å²) in [5.74, 6) is 0.417. The van der Waals surface area contributed by atoms with Crippen LogP contribution in [0.2, 0.25) is 4.43 Å². The molecule has 0 fully saturated rings. The Morgan fingerprint density at radius 3 is 3.24 bits per heavy atom. The molecule has 0 unspecified atom stereocenters. The van der Waals surface area contributed by atoms with E-state index < -0.39 is 31.1 Å².